The van der Waals surface area contributed by atoms with E-state index in [1.165, 1.54) is 6.07 Å². The van der Waals surface area contributed by atoms with Crippen LogP contribution in [-0.2, 0) is 4.79 Å². The lowest BCUT2D eigenvalue weighted by molar-refractivity contribution is -0.121. The van der Waals surface area contributed by atoms with Crippen LogP contribution in [0.2, 0.25) is 0 Å². The highest BCUT2D eigenvalue weighted by molar-refractivity contribution is 9.11. The molecule has 5 nitrogen and oxygen atoms in total. The summed E-state index contributed by atoms with van der Waals surface area (Å²) in [4.78, 5) is 23.5. The number of carboxylic acids is 1. The number of halogens is 2. The molecule has 0 aromatic heterocycles. The summed E-state index contributed by atoms with van der Waals surface area (Å²) in [6, 6.07) is 3.13. The Labute approximate surface area is 134 Å². The van der Waals surface area contributed by atoms with Crippen LogP contribution in [0.25, 0.3) is 0 Å². The summed E-state index contributed by atoms with van der Waals surface area (Å²) in [6.07, 6.45) is 0. The van der Waals surface area contributed by atoms with Crippen molar-refractivity contribution < 1.29 is 14.7 Å². The third-order valence-electron chi connectivity index (χ3n) is 2.71. The molecule has 1 rings (SSSR count). The lowest BCUT2D eigenvalue weighted by Crippen LogP contribution is -2.49. The molecule has 0 fully saturated rings. The predicted octanol–water partition coefficient (Wildman–Crippen LogP) is 3.24. The summed E-state index contributed by atoms with van der Waals surface area (Å²) >= 11 is 6.50. The molecule has 0 unspecified atom stereocenters. The molecule has 0 heterocycles. The van der Waals surface area contributed by atoms with E-state index in [0.29, 0.717) is 15.5 Å². The van der Waals surface area contributed by atoms with Crippen LogP contribution >= 0.6 is 31.9 Å². The Kier molecular flexibility index (Phi) is 5.73. The van der Waals surface area contributed by atoms with Crippen molar-refractivity contribution in [2.45, 2.75) is 26.3 Å². The van der Waals surface area contributed by atoms with Crippen molar-refractivity contribution in [1.29, 1.82) is 0 Å². The summed E-state index contributed by atoms with van der Waals surface area (Å²) in [5, 5.41) is 14.9. The number of carboxylic acid groups (broad SMARTS) is 1. The fourth-order valence-electron chi connectivity index (χ4n) is 1.66. The molecular formula is C13H16Br2N2O3. The SMILES string of the molecule is CCNC(C)(C)C(=O)Nc1c(Br)cc(Br)cc1C(=O)O. The van der Waals surface area contributed by atoms with Gasteiger partial charge in [-0.1, -0.05) is 22.9 Å². The van der Waals surface area contributed by atoms with Crippen LogP contribution in [0.5, 0.6) is 0 Å². The molecule has 0 aliphatic carbocycles. The van der Waals surface area contributed by atoms with Gasteiger partial charge < -0.3 is 15.7 Å². The van der Waals surface area contributed by atoms with E-state index >= 15 is 0 Å². The van der Waals surface area contributed by atoms with Crippen LogP contribution in [0.15, 0.2) is 21.1 Å². The Hall–Kier alpha value is -0.920. The van der Waals surface area contributed by atoms with Crippen LogP contribution in [0, 0.1) is 0 Å². The van der Waals surface area contributed by atoms with E-state index in [4.69, 9.17) is 0 Å². The van der Waals surface area contributed by atoms with Gasteiger partial charge in [0.15, 0.2) is 0 Å². The maximum Gasteiger partial charge on any atom is 0.337 e. The molecule has 1 aromatic rings. The molecule has 20 heavy (non-hydrogen) atoms. The average Bonchev–Trinajstić information content (AvgIpc) is 2.31. The molecule has 0 bridgehead atoms. The van der Waals surface area contributed by atoms with Gasteiger partial charge in [-0.25, -0.2) is 4.79 Å². The minimum Gasteiger partial charge on any atom is -0.478 e. The van der Waals surface area contributed by atoms with Gasteiger partial charge in [0.2, 0.25) is 5.91 Å². The summed E-state index contributed by atoms with van der Waals surface area (Å²) in [5.41, 5.74) is -0.527. The largest absolute Gasteiger partial charge is 0.478 e. The van der Waals surface area contributed by atoms with Gasteiger partial charge in [-0.15, -0.1) is 0 Å². The van der Waals surface area contributed by atoms with E-state index in [-0.39, 0.29) is 17.2 Å². The molecule has 0 aliphatic rings. The van der Waals surface area contributed by atoms with Crippen LogP contribution < -0.4 is 10.6 Å². The zero-order valence-electron chi connectivity index (χ0n) is 11.4. The zero-order chi connectivity index (χ0) is 15.5. The Bertz CT molecular complexity index is 545. The highest BCUT2D eigenvalue weighted by Gasteiger charge is 2.28. The number of carbonyl (C=O) groups is 2. The topological polar surface area (TPSA) is 78.4 Å². The van der Waals surface area contributed by atoms with Gasteiger partial charge in [0.1, 0.15) is 0 Å². The van der Waals surface area contributed by atoms with Gasteiger partial charge >= 0.3 is 5.97 Å². The van der Waals surface area contributed by atoms with Gasteiger partial charge in [0, 0.05) is 8.95 Å². The number of nitrogens with one attached hydrogen (secondary N) is 2. The Morgan fingerprint density at radius 1 is 1.30 bits per heavy atom. The third kappa shape index (κ3) is 4.04. The molecular weight excluding hydrogens is 392 g/mol. The Morgan fingerprint density at radius 2 is 1.90 bits per heavy atom. The second-order valence-corrected chi connectivity index (χ2v) is 6.49. The monoisotopic (exact) mass is 406 g/mol. The van der Waals surface area contributed by atoms with E-state index in [0.717, 1.165) is 0 Å². The normalized spacial score (nSPS) is 11.2. The number of hydrogen-bond donors (Lipinski definition) is 3. The van der Waals surface area contributed by atoms with Crippen molar-refractivity contribution in [3.05, 3.63) is 26.6 Å². The predicted molar refractivity (Wildman–Crippen MR) is 85.2 cm³/mol. The molecule has 0 saturated carbocycles. The van der Waals surface area contributed by atoms with E-state index < -0.39 is 11.5 Å². The number of likely N-dealkylation sites (N-methyl/N-ethyl adjacent to an activating group) is 1. The second-order valence-electron chi connectivity index (χ2n) is 4.72. The van der Waals surface area contributed by atoms with Gasteiger partial charge in [-0.05, 0) is 48.5 Å². The maximum atomic E-state index is 12.2. The first-order chi connectivity index (χ1) is 9.19. The number of carbonyl (C=O) groups excluding carboxylic acids is 1. The van der Waals surface area contributed by atoms with E-state index in [2.05, 4.69) is 42.5 Å². The molecule has 110 valence electrons. The number of anilines is 1. The van der Waals surface area contributed by atoms with Crippen molar-refractivity contribution in [3.63, 3.8) is 0 Å². The van der Waals surface area contributed by atoms with Gasteiger partial charge in [-0.2, -0.15) is 0 Å². The molecule has 1 aromatic carbocycles. The molecule has 7 heteroatoms. The maximum absolute atomic E-state index is 12.2. The first kappa shape index (κ1) is 17.1. The Morgan fingerprint density at radius 3 is 2.40 bits per heavy atom. The number of amides is 1. The molecule has 0 radical (unpaired) electrons. The van der Waals surface area contributed by atoms with Crippen LogP contribution in [0.3, 0.4) is 0 Å². The summed E-state index contributed by atoms with van der Waals surface area (Å²) in [5.74, 6) is -1.41. The van der Waals surface area contributed by atoms with Crippen LogP contribution in [0.4, 0.5) is 5.69 Å². The first-order valence-electron chi connectivity index (χ1n) is 5.98. The first-order valence-corrected chi connectivity index (χ1v) is 7.56. The quantitative estimate of drug-likeness (QED) is 0.700. The molecule has 0 saturated heterocycles. The highest BCUT2D eigenvalue weighted by Crippen LogP contribution is 2.31. The summed E-state index contributed by atoms with van der Waals surface area (Å²) in [7, 11) is 0. The van der Waals surface area contributed by atoms with Crippen molar-refractivity contribution in [2.75, 3.05) is 11.9 Å². The van der Waals surface area contributed by atoms with E-state index in [1.54, 1.807) is 19.9 Å². The Balaban J connectivity index is 3.15. The standard InChI is InChI=1S/C13H16Br2N2O3/c1-4-16-13(2,3)12(20)17-10-8(11(18)19)5-7(14)6-9(10)15/h5-6,16H,4H2,1-3H3,(H,17,20)(H,18,19). The minimum absolute atomic E-state index is 0.0203. The van der Waals surface area contributed by atoms with Crippen molar-refractivity contribution in [1.82, 2.24) is 5.32 Å². The number of hydrogen-bond acceptors (Lipinski definition) is 3. The molecule has 3 N–H and O–H groups in total. The lowest BCUT2D eigenvalue weighted by atomic mass is 10.0. The van der Waals surface area contributed by atoms with E-state index in [9.17, 15) is 14.7 Å². The van der Waals surface area contributed by atoms with Gasteiger partial charge in [0.25, 0.3) is 0 Å². The second kappa shape index (κ2) is 6.69. The summed E-state index contributed by atoms with van der Waals surface area (Å²) in [6.45, 7) is 6.00. The van der Waals surface area contributed by atoms with Gasteiger partial charge in [0.05, 0.1) is 16.8 Å². The smallest absolute Gasteiger partial charge is 0.337 e. The summed E-state index contributed by atoms with van der Waals surface area (Å²) < 4.78 is 1.12. The van der Waals surface area contributed by atoms with Crippen molar-refractivity contribution in [2.24, 2.45) is 0 Å². The number of aromatic carboxylic acids is 1. The number of benzene rings is 1. The van der Waals surface area contributed by atoms with Crippen LogP contribution in [-0.4, -0.2) is 29.1 Å². The lowest BCUT2D eigenvalue weighted by Gasteiger charge is -2.25. The number of rotatable bonds is 5. The van der Waals surface area contributed by atoms with Crippen molar-refractivity contribution >= 4 is 49.4 Å². The molecule has 0 atom stereocenters. The van der Waals surface area contributed by atoms with E-state index in [1.807, 2.05) is 6.92 Å². The zero-order valence-corrected chi connectivity index (χ0v) is 14.6. The average molecular weight is 408 g/mol. The minimum atomic E-state index is -1.11. The molecule has 0 aliphatic heterocycles. The van der Waals surface area contributed by atoms with Crippen molar-refractivity contribution in [3.8, 4) is 0 Å². The molecule has 1 amide bonds. The third-order valence-corrected chi connectivity index (χ3v) is 3.79. The fraction of sp³-hybridized carbons (Fsp3) is 0.385. The van der Waals surface area contributed by atoms with Crippen LogP contribution in [0.1, 0.15) is 31.1 Å². The fourth-order valence-corrected chi connectivity index (χ4v) is 2.99. The highest BCUT2D eigenvalue weighted by atomic mass is 79.9. The van der Waals surface area contributed by atoms with Gasteiger partial charge in [-0.3, -0.25) is 4.79 Å². The molecule has 0 spiro atoms.